The molecule has 14 heteroatoms. The minimum absolute atomic E-state index is 0.0272. The van der Waals surface area contributed by atoms with Crippen molar-refractivity contribution in [1.29, 1.82) is 0 Å². The third kappa shape index (κ3) is 8.48. The number of H-pyrrole nitrogens is 1. The number of nitrogens with two attached hydrogens (primary N) is 1. The molecule has 2 aromatic rings. The zero-order chi connectivity index (χ0) is 27.7. The quantitative estimate of drug-likeness (QED) is 0.131. The first kappa shape index (κ1) is 29.6. The van der Waals surface area contributed by atoms with Crippen LogP contribution in [0, 0.1) is 0 Å². The van der Waals surface area contributed by atoms with Gasteiger partial charge in [-0.15, -0.1) is 0 Å². The molecule has 0 radical (unpaired) electrons. The van der Waals surface area contributed by atoms with Gasteiger partial charge in [0.05, 0.1) is 12.1 Å². The van der Waals surface area contributed by atoms with Crippen LogP contribution in [-0.2, 0) is 30.4 Å². The van der Waals surface area contributed by atoms with E-state index in [2.05, 4.69) is 33.6 Å². The number of aliphatic hydroxyl groups excluding tert-OH is 1. The number of aromatic nitrogens is 1. The zero-order valence-corrected chi connectivity index (χ0v) is 20.9. The van der Waals surface area contributed by atoms with Gasteiger partial charge < -0.3 is 42.0 Å². The van der Waals surface area contributed by atoms with Crippen molar-refractivity contribution in [2.45, 2.75) is 56.5 Å². The summed E-state index contributed by atoms with van der Waals surface area (Å²) in [6, 6.07) is 1.80. The Bertz CT molecular complexity index is 1140. The van der Waals surface area contributed by atoms with Crippen molar-refractivity contribution in [3.63, 3.8) is 0 Å². The number of amides is 3. The summed E-state index contributed by atoms with van der Waals surface area (Å²) in [6.07, 6.45) is -0.633. The maximum absolute atomic E-state index is 13.1. The number of carbonyl (C=O) groups is 5. The molecule has 1 aromatic carbocycles. The van der Waals surface area contributed by atoms with Crippen LogP contribution < -0.4 is 21.7 Å². The number of hydrogen-bond acceptors (Lipinski definition) is 8. The second-order valence-electron chi connectivity index (χ2n) is 8.47. The Morgan fingerprint density at radius 3 is 2.22 bits per heavy atom. The summed E-state index contributed by atoms with van der Waals surface area (Å²) in [6.45, 7) is 1.19. The average Bonchev–Trinajstić information content (AvgIpc) is 3.25. The summed E-state index contributed by atoms with van der Waals surface area (Å²) in [5.74, 6) is -5.22. The predicted molar refractivity (Wildman–Crippen MR) is 136 cm³/mol. The number of thiol groups is 1. The standard InChI is InChI=1S/C23H31N5O8S/c1-11(29)19(23(35)36)28-22(34)17(8-12-9-25-15-5-3-2-4-13(12)15)27-21(33)16(6-7-18(30)31)26-20(32)14(24)10-37/h2-5,9,11,14,16-17,19,25,29,37H,6-8,10,24H2,1H3,(H,26,32)(H,27,33)(H,28,34)(H,30,31)(H,35,36). The number of nitrogens with one attached hydrogen (secondary N) is 4. The normalized spacial score (nSPS) is 15.1. The average molecular weight is 538 g/mol. The minimum atomic E-state index is -1.65. The maximum atomic E-state index is 13.1. The summed E-state index contributed by atoms with van der Waals surface area (Å²) in [7, 11) is 0. The topological polar surface area (TPSA) is 224 Å². The van der Waals surface area contributed by atoms with Crippen molar-refractivity contribution in [2.75, 3.05) is 5.75 Å². The van der Waals surface area contributed by atoms with Crippen molar-refractivity contribution >= 4 is 53.2 Å². The summed E-state index contributed by atoms with van der Waals surface area (Å²) in [5, 5.41) is 36.0. The molecule has 0 fully saturated rings. The van der Waals surface area contributed by atoms with Gasteiger partial charge in [0.2, 0.25) is 17.7 Å². The molecular weight excluding hydrogens is 506 g/mol. The van der Waals surface area contributed by atoms with Gasteiger partial charge in [0, 0.05) is 35.7 Å². The number of hydrogen-bond donors (Lipinski definition) is 9. The Hall–Kier alpha value is -3.62. The first-order valence-corrected chi connectivity index (χ1v) is 12.0. The fourth-order valence-electron chi connectivity index (χ4n) is 3.54. The van der Waals surface area contributed by atoms with Crippen molar-refractivity contribution in [1.82, 2.24) is 20.9 Å². The minimum Gasteiger partial charge on any atom is -0.481 e. The van der Waals surface area contributed by atoms with Crippen LogP contribution >= 0.6 is 12.6 Å². The highest BCUT2D eigenvalue weighted by Gasteiger charge is 2.32. The molecule has 3 amide bonds. The molecule has 0 aliphatic heterocycles. The lowest BCUT2D eigenvalue weighted by atomic mass is 10.0. The molecule has 0 bridgehead atoms. The SMILES string of the molecule is CC(O)C(NC(=O)C(Cc1c[nH]c2ccccc12)NC(=O)C(CCC(=O)O)NC(=O)C(N)CS)C(=O)O. The Balaban J connectivity index is 2.34. The van der Waals surface area contributed by atoms with E-state index < -0.39 is 66.4 Å². The summed E-state index contributed by atoms with van der Waals surface area (Å²) < 4.78 is 0. The predicted octanol–water partition coefficient (Wildman–Crippen LogP) is -1.25. The van der Waals surface area contributed by atoms with Crippen LogP contribution in [0.5, 0.6) is 0 Å². The van der Waals surface area contributed by atoms with Crippen LogP contribution in [0.2, 0.25) is 0 Å². The number of aliphatic carboxylic acids is 2. The van der Waals surface area contributed by atoms with E-state index in [1.165, 1.54) is 6.92 Å². The second-order valence-corrected chi connectivity index (χ2v) is 8.84. The lowest BCUT2D eigenvalue weighted by Crippen LogP contribution is -2.59. The van der Waals surface area contributed by atoms with Gasteiger partial charge in [-0.1, -0.05) is 18.2 Å². The Kier molecular flexibility index (Phi) is 10.9. The van der Waals surface area contributed by atoms with Gasteiger partial charge in [-0.05, 0) is 25.0 Å². The molecule has 1 heterocycles. The molecule has 9 N–H and O–H groups in total. The van der Waals surface area contributed by atoms with Crippen molar-refractivity contribution in [2.24, 2.45) is 5.73 Å². The van der Waals surface area contributed by atoms with E-state index in [1.807, 2.05) is 6.07 Å². The van der Waals surface area contributed by atoms with E-state index >= 15 is 0 Å². The van der Waals surface area contributed by atoms with Crippen molar-refractivity contribution in [3.05, 3.63) is 36.0 Å². The fraction of sp³-hybridized carbons (Fsp3) is 0.435. The van der Waals surface area contributed by atoms with Gasteiger partial charge in [-0.3, -0.25) is 19.2 Å². The fourth-order valence-corrected chi connectivity index (χ4v) is 3.71. The smallest absolute Gasteiger partial charge is 0.328 e. The number of carboxylic acid groups (broad SMARTS) is 2. The van der Waals surface area contributed by atoms with Crippen molar-refractivity contribution < 1.29 is 39.3 Å². The van der Waals surface area contributed by atoms with Crippen molar-refractivity contribution in [3.8, 4) is 0 Å². The number of aromatic amines is 1. The third-order valence-corrected chi connectivity index (χ3v) is 5.98. The monoisotopic (exact) mass is 537 g/mol. The van der Waals surface area contributed by atoms with Crippen LogP contribution in [0.25, 0.3) is 10.9 Å². The number of carboxylic acids is 2. The maximum Gasteiger partial charge on any atom is 0.328 e. The molecule has 1 aromatic heterocycles. The van der Waals surface area contributed by atoms with Gasteiger partial charge in [0.15, 0.2) is 6.04 Å². The van der Waals surface area contributed by atoms with Gasteiger partial charge in [-0.2, -0.15) is 12.6 Å². The Morgan fingerprint density at radius 1 is 1.00 bits per heavy atom. The highest BCUT2D eigenvalue weighted by molar-refractivity contribution is 7.80. The number of rotatable bonds is 14. The van der Waals surface area contributed by atoms with Crippen LogP contribution in [0.1, 0.15) is 25.3 Å². The second kappa shape index (κ2) is 13.6. The van der Waals surface area contributed by atoms with E-state index in [-0.39, 0.29) is 18.6 Å². The molecule has 13 nitrogen and oxygen atoms in total. The first-order valence-electron chi connectivity index (χ1n) is 11.4. The lowest BCUT2D eigenvalue weighted by molar-refractivity contribution is -0.145. The van der Waals surface area contributed by atoms with E-state index in [4.69, 9.17) is 10.8 Å². The zero-order valence-electron chi connectivity index (χ0n) is 20.0. The van der Waals surface area contributed by atoms with Crippen LogP contribution in [0.15, 0.2) is 30.5 Å². The summed E-state index contributed by atoms with van der Waals surface area (Å²) >= 11 is 3.93. The van der Waals surface area contributed by atoms with E-state index in [0.717, 1.165) is 10.9 Å². The summed E-state index contributed by atoms with van der Waals surface area (Å²) in [4.78, 5) is 64.1. The molecule has 0 spiro atoms. The Morgan fingerprint density at radius 2 is 1.62 bits per heavy atom. The molecule has 0 aliphatic rings. The highest BCUT2D eigenvalue weighted by atomic mass is 32.1. The number of carbonyl (C=O) groups excluding carboxylic acids is 3. The van der Waals surface area contributed by atoms with E-state index in [9.17, 15) is 34.2 Å². The molecule has 202 valence electrons. The molecule has 2 rings (SSSR count). The van der Waals surface area contributed by atoms with Gasteiger partial charge in [0.25, 0.3) is 0 Å². The lowest BCUT2D eigenvalue weighted by Gasteiger charge is -2.25. The molecule has 0 aliphatic carbocycles. The van der Waals surface area contributed by atoms with Crippen LogP contribution in [0.4, 0.5) is 0 Å². The largest absolute Gasteiger partial charge is 0.481 e. The molecule has 5 unspecified atom stereocenters. The summed E-state index contributed by atoms with van der Waals surface area (Å²) in [5.41, 5.74) is 7.04. The number of para-hydroxylation sites is 1. The first-order chi connectivity index (χ1) is 17.4. The van der Waals surface area contributed by atoms with Gasteiger partial charge in [0.1, 0.15) is 12.1 Å². The number of benzene rings is 1. The van der Waals surface area contributed by atoms with Crippen LogP contribution in [-0.4, -0.2) is 86.0 Å². The van der Waals surface area contributed by atoms with E-state index in [0.29, 0.717) is 5.56 Å². The van der Waals surface area contributed by atoms with Gasteiger partial charge in [-0.25, -0.2) is 4.79 Å². The van der Waals surface area contributed by atoms with Gasteiger partial charge >= 0.3 is 11.9 Å². The molecule has 37 heavy (non-hydrogen) atoms. The highest BCUT2D eigenvalue weighted by Crippen LogP contribution is 2.19. The third-order valence-electron chi connectivity index (χ3n) is 5.59. The Labute approximate surface area is 217 Å². The molecule has 0 saturated carbocycles. The van der Waals surface area contributed by atoms with E-state index in [1.54, 1.807) is 24.4 Å². The number of aliphatic hydroxyl groups is 1. The molecule has 5 atom stereocenters. The van der Waals surface area contributed by atoms with Crippen LogP contribution in [0.3, 0.4) is 0 Å². The molecule has 0 saturated heterocycles. The molecular formula is C23H31N5O8S. The number of fused-ring (bicyclic) bond motifs is 1.